The van der Waals surface area contributed by atoms with Crippen molar-refractivity contribution in [1.82, 2.24) is 10.2 Å². The number of aliphatic hydroxyl groups is 1. The lowest BCUT2D eigenvalue weighted by Crippen LogP contribution is -2.49. The monoisotopic (exact) mass is 260 g/mol. The molecule has 0 aliphatic carbocycles. The smallest absolute Gasteiger partial charge is 0.326 e. The maximum atomic E-state index is 11.9. The SMILES string of the molecule is CCCCN(CCO)C(=O)N[C@H](CCC)C(=O)O. The number of rotatable bonds is 9. The normalized spacial score (nSPS) is 11.9. The van der Waals surface area contributed by atoms with Gasteiger partial charge in [-0.2, -0.15) is 0 Å². The number of carboxylic acid groups (broad SMARTS) is 1. The lowest BCUT2D eigenvalue weighted by Gasteiger charge is -2.24. The van der Waals surface area contributed by atoms with E-state index in [0.717, 1.165) is 12.8 Å². The van der Waals surface area contributed by atoms with Crippen LogP contribution in [0.3, 0.4) is 0 Å². The van der Waals surface area contributed by atoms with E-state index in [1.807, 2.05) is 13.8 Å². The molecule has 0 spiro atoms. The molecule has 3 N–H and O–H groups in total. The number of carboxylic acids is 1. The Hall–Kier alpha value is -1.30. The first-order valence-electron chi connectivity index (χ1n) is 6.45. The first-order chi connectivity index (χ1) is 8.56. The Morgan fingerprint density at radius 1 is 1.22 bits per heavy atom. The predicted molar refractivity (Wildman–Crippen MR) is 68.4 cm³/mol. The predicted octanol–water partition coefficient (Wildman–Crippen LogP) is 1.04. The second kappa shape index (κ2) is 9.70. The fourth-order valence-corrected chi connectivity index (χ4v) is 1.57. The van der Waals surface area contributed by atoms with E-state index in [9.17, 15) is 9.59 Å². The van der Waals surface area contributed by atoms with Crippen molar-refractivity contribution in [2.45, 2.75) is 45.6 Å². The summed E-state index contributed by atoms with van der Waals surface area (Å²) in [6.45, 7) is 4.51. The van der Waals surface area contributed by atoms with Crippen molar-refractivity contribution in [3.05, 3.63) is 0 Å². The van der Waals surface area contributed by atoms with Crippen molar-refractivity contribution in [2.24, 2.45) is 0 Å². The summed E-state index contributed by atoms with van der Waals surface area (Å²) < 4.78 is 0. The fraction of sp³-hybridized carbons (Fsp3) is 0.833. The molecule has 0 aliphatic heterocycles. The van der Waals surface area contributed by atoms with Crippen molar-refractivity contribution in [2.75, 3.05) is 19.7 Å². The number of aliphatic carboxylic acids is 1. The van der Waals surface area contributed by atoms with E-state index in [-0.39, 0.29) is 13.2 Å². The van der Waals surface area contributed by atoms with E-state index in [0.29, 0.717) is 19.4 Å². The second-order valence-corrected chi connectivity index (χ2v) is 4.19. The molecule has 0 unspecified atom stereocenters. The molecule has 0 fully saturated rings. The minimum Gasteiger partial charge on any atom is -0.480 e. The number of amides is 2. The molecule has 6 nitrogen and oxygen atoms in total. The summed E-state index contributed by atoms with van der Waals surface area (Å²) in [7, 11) is 0. The zero-order chi connectivity index (χ0) is 14.0. The van der Waals surface area contributed by atoms with Gasteiger partial charge >= 0.3 is 12.0 Å². The highest BCUT2D eigenvalue weighted by molar-refractivity contribution is 5.82. The topological polar surface area (TPSA) is 89.9 Å². The van der Waals surface area contributed by atoms with E-state index in [4.69, 9.17) is 10.2 Å². The van der Waals surface area contributed by atoms with Crippen molar-refractivity contribution < 1.29 is 19.8 Å². The van der Waals surface area contributed by atoms with Crippen LogP contribution in [0.4, 0.5) is 4.79 Å². The number of hydrogen-bond donors (Lipinski definition) is 3. The molecule has 0 aromatic rings. The van der Waals surface area contributed by atoms with Crippen LogP contribution in [0.1, 0.15) is 39.5 Å². The van der Waals surface area contributed by atoms with E-state index < -0.39 is 18.0 Å². The summed E-state index contributed by atoms with van der Waals surface area (Å²) in [6, 6.07) is -1.27. The molecule has 0 aromatic carbocycles. The largest absolute Gasteiger partial charge is 0.480 e. The molecule has 0 saturated carbocycles. The van der Waals surface area contributed by atoms with Gasteiger partial charge in [0.25, 0.3) is 0 Å². The molecular formula is C12H24N2O4. The van der Waals surface area contributed by atoms with Gasteiger partial charge in [-0.15, -0.1) is 0 Å². The molecule has 0 saturated heterocycles. The number of hydrogen-bond acceptors (Lipinski definition) is 3. The minimum absolute atomic E-state index is 0.122. The molecule has 106 valence electrons. The van der Waals surface area contributed by atoms with Crippen LogP contribution in [0.5, 0.6) is 0 Å². The van der Waals surface area contributed by atoms with Crippen molar-refractivity contribution >= 4 is 12.0 Å². The number of carbonyl (C=O) groups excluding carboxylic acids is 1. The standard InChI is InChI=1S/C12H24N2O4/c1-3-5-7-14(8-9-15)12(18)13-10(6-4-2)11(16)17/h10,15H,3-9H2,1-2H3,(H,13,18)(H,16,17)/t10-/m1/s1. The Balaban J connectivity index is 4.40. The average Bonchev–Trinajstić information content (AvgIpc) is 2.33. The highest BCUT2D eigenvalue weighted by Crippen LogP contribution is 2.01. The van der Waals surface area contributed by atoms with Gasteiger partial charge in [-0.25, -0.2) is 9.59 Å². The van der Waals surface area contributed by atoms with E-state index in [1.54, 1.807) is 0 Å². The van der Waals surface area contributed by atoms with Gasteiger partial charge in [0.2, 0.25) is 0 Å². The van der Waals surface area contributed by atoms with Gasteiger partial charge in [0.15, 0.2) is 0 Å². The van der Waals surface area contributed by atoms with Crippen LogP contribution in [-0.2, 0) is 4.79 Å². The summed E-state index contributed by atoms with van der Waals surface area (Å²) in [5.74, 6) is -1.02. The van der Waals surface area contributed by atoms with Gasteiger partial charge < -0.3 is 20.4 Å². The zero-order valence-electron chi connectivity index (χ0n) is 11.2. The number of nitrogens with zero attached hydrogens (tertiary/aromatic N) is 1. The second-order valence-electron chi connectivity index (χ2n) is 4.19. The van der Waals surface area contributed by atoms with Gasteiger partial charge in [-0.05, 0) is 12.8 Å². The Bertz CT molecular complexity index is 258. The third kappa shape index (κ3) is 6.44. The first kappa shape index (κ1) is 16.7. The van der Waals surface area contributed by atoms with Crippen LogP contribution in [0.25, 0.3) is 0 Å². The quantitative estimate of drug-likeness (QED) is 0.578. The molecule has 6 heteroatoms. The first-order valence-corrected chi connectivity index (χ1v) is 6.45. The molecule has 2 amide bonds. The summed E-state index contributed by atoms with van der Waals surface area (Å²) in [4.78, 5) is 24.3. The number of carbonyl (C=O) groups is 2. The summed E-state index contributed by atoms with van der Waals surface area (Å²) in [6.07, 6.45) is 2.86. The van der Waals surface area contributed by atoms with Gasteiger partial charge in [-0.1, -0.05) is 26.7 Å². The Labute approximate surface area is 108 Å². The van der Waals surface area contributed by atoms with Gasteiger partial charge in [0.05, 0.1) is 6.61 Å². The molecule has 18 heavy (non-hydrogen) atoms. The van der Waals surface area contributed by atoms with Crippen LogP contribution in [0, 0.1) is 0 Å². The van der Waals surface area contributed by atoms with Crippen molar-refractivity contribution in [3.8, 4) is 0 Å². The number of aliphatic hydroxyl groups excluding tert-OH is 1. The Morgan fingerprint density at radius 3 is 2.33 bits per heavy atom. The molecule has 0 heterocycles. The van der Waals surface area contributed by atoms with Gasteiger partial charge in [0, 0.05) is 13.1 Å². The molecule has 1 atom stereocenters. The minimum atomic E-state index is -1.02. The number of unbranched alkanes of at least 4 members (excludes halogenated alkanes) is 1. The summed E-state index contributed by atoms with van der Waals surface area (Å²) >= 11 is 0. The summed E-state index contributed by atoms with van der Waals surface area (Å²) in [5.41, 5.74) is 0. The lowest BCUT2D eigenvalue weighted by atomic mass is 10.2. The number of urea groups is 1. The fourth-order valence-electron chi connectivity index (χ4n) is 1.57. The molecular weight excluding hydrogens is 236 g/mol. The van der Waals surface area contributed by atoms with Gasteiger partial charge in [0.1, 0.15) is 6.04 Å². The highest BCUT2D eigenvalue weighted by Gasteiger charge is 2.21. The zero-order valence-corrected chi connectivity index (χ0v) is 11.2. The van der Waals surface area contributed by atoms with Crippen LogP contribution in [0.15, 0.2) is 0 Å². The van der Waals surface area contributed by atoms with E-state index >= 15 is 0 Å². The van der Waals surface area contributed by atoms with Gasteiger partial charge in [-0.3, -0.25) is 0 Å². The highest BCUT2D eigenvalue weighted by atomic mass is 16.4. The van der Waals surface area contributed by atoms with E-state index in [2.05, 4.69) is 5.32 Å². The van der Waals surface area contributed by atoms with Crippen LogP contribution in [-0.4, -0.2) is 52.9 Å². The molecule has 0 aliphatic rings. The summed E-state index contributed by atoms with van der Waals surface area (Å²) in [5, 5.41) is 20.3. The van der Waals surface area contributed by atoms with Crippen molar-refractivity contribution in [1.29, 1.82) is 0 Å². The maximum Gasteiger partial charge on any atom is 0.326 e. The lowest BCUT2D eigenvalue weighted by molar-refractivity contribution is -0.139. The average molecular weight is 260 g/mol. The van der Waals surface area contributed by atoms with Crippen LogP contribution >= 0.6 is 0 Å². The maximum absolute atomic E-state index is 11.9. The molecule has 0 rings (SSSR count). The van der Waals surface area contributed by atoms with Crippen LogP contribution < -0.4 is 5.32 Å². The Morgan fingerprint density at radius 2 is 1.89 bits per heavy atom. The third-order valence-corrected chi connectivity index (χ3v) is 2.61. The van der Waals surface area contributed by atoms with Crippen molar-refractivity contribution in [3.63, 3.8) is 0 Å². The Kier molecular flexibility index (Phi) is 9.00. The molecule has 0 aromatic heterocycles. The molecule has 0 bridgehead atoms. The molecule has 0 radical (unpaired) electrons. The number of nitrogens with one attached hydrogen (secondary N) is 1. The van der Waals surface area contributed by atoms with E-state index in [1.165, 1.54) is 4.90 Å². The third-order valence-electron chi connectivity index (χ3n) is 2.61. The van der Waals surface area contributed by atoms with Crippen LogP contribution in [0.2, 0.25) is 0 Å².